The third-order valence-corrected chi connectivity index (χ3v) is 2.16. The lowest BCUT2D eigenvalue weighted by molar-refractivity contribution is 0.0694. The van der Waals surface area contributed by atoms with Gasteiger partial charge in [-0.05, 0) is 18.6 Å². The first-order chi connectivity index (χ1) is 7.11. The van der Waals surface area contributed by atoms with Crippen LogP contribution in [0.3, 0.4) is 0 Å². The molecule has 2 aromatic heterocycles. The van der Waals surface area contributed by atoms with Crippen LogP contribution in [0.15, 0.2) is 29.3 Å². The fraction of sp³-hybridized carbons (Fsp3) is 0.100. The summed E-state index contributed by atoms with van der Waals surface area (Å²) in [4.78, 5) is 26.3. The Kier molecular flexibility index (Phi) is 2.00. The van der Waals surface area contributed by atoms with E-state index in [4.69, 9.17) is 5.11 Å². The molecule has 0 fully saturated rings. The third kappa shape index (κ3) is 1.38. The van der Waals surface area contributed by atoms with Gasteiger partial charge in [-0.1, -0.05) is 6.07 Å². The number of aromatic nitrogens is 2. The number of aryl methyl sites for hydroxylation is 1. The summed E-state index contributed by atoms with van der Waals surface area (Å²) in [6, 6.07) is 3.49. The maximum Gasteiger partial charge on any atom is 0.342 e. The molecule has 0 aliphatic rings. The fourth-order valence-corrected chi connectivity index (χ4v) is 1.39. The Hall–Kier alpha value is -2.17. The number of pyridine rings is 1. The van der Waals surface area contributed by atoms with Gasteiger partial charge in [-0.2, -0.15) is 0 Å². The van der Waals surface area contributed by atoms with Crippen molar-refractivity contribution in [2.24, 2.45) is 0 Å². The topological polar surface area (TPSA) is 71.7 Å². The standard InChI is InChI=1S/C10H8N2O3/c1-6-3-2-4-12-8(6)11-5-7(9(12)13)10(14)15/h2-5H,1H3,(H,14,15). The molecule has 2 aromatic rings. The normalized spacial score (nSPS) is 10.5. The lowest BCUT2D eigenvalue weighted by Crippen LogP contribution is -2.22. The van der Waals surface area contributed by atoms with Gasteiger partial charge in [0, 0.05) is 12.4 Å². The number of nitrogens with zero attached hydrogens (tertiary/aromatic N) is 2. The Morgan fingerprint density at radius 2 is 2.27 bits per heavy atom. The van der Waals surface area contributed by atoms with E-state index >= 15 is 0 Å². The molecule has 0 amide bonds. The van der Waals surface area contributed by atoms with Crippen molar-refractivity contribution in [1.29, 1.82) is 0 Å². The molecule has 15 heavy (non-hydrogen) atoms. The first-order valence-corrected chi connectivity index (χ1v) is 4.31. The van der Waals surface area contributed by atoms with Gasteiger partial charge in [-0.25, -0.2) is 9.78 Å². The van der Waals surface area contributed by atoms with E-state index in [0.29, 0.717) is 5.65 Å². The van der Waals surface area contributed by atoms with E-state index in [0.717, 1.165) is 11.8 Å². The predicted octanol–water partition coefficient (Wildman–Crippen LogP) is 0.701. The molecule has 0 unspecified atom stereocenters. The first-order valence-electron chi connectivity index (χ1n) is 4.31. The van der Waals surface area contributed by atoms with E-state index < -0.39 is 11.5 Å². The highest BCUT2D eigenvalue weighted by atomic mass is 16.4. The summed E-state index contributed by atoms with van der Waals surface area (Å²) in [5, 5.41) is 8.74. The molecule has 0 atom stereocenters. The first kappa shape index (κ1) is 9.39. The van der Waals surface area contributed by atoms with Crippen LogP contribution in [-0.4, -0.2) is 20.5 Å². The zero-order chi connectivity index (χ0) is 11.0. The molecular weight excluding hydrogens is 196 g/mol. The SMILES string of the molecule is Cc1cccn2c(=O)c(C(=O)O)cnc12. The second-order valence-corrected chi connectivity index (χ2v) is 3.17. The number of fused-ring (bicyclic) bond motifs is 1. The van der Waals surface area contributed by atoms with E-state index in [2.05, 4.69) is 4.98 Å². The van der Waals surface area contributed by atoms with Gasteiger partial charge in [-0.15, -0.1) is 0 Å². The van der Waals surface area contributed by atoms with Crippen LogP contribution in [0.5, 0.6) is 0 Å². The largest absolute Gasteiger partial charge is 0.477 e. The van der Waals surface area contributed by atoms with Crippen LogP contribution >= 0.6 is 0 Å². The Bertz CT molecular complexity index is 601. The van der Waals surface area contributed by atoms with Crippen LogP contribution < -0.4 is 5.56 Å². The average Bonchev–Trinajstić information content (AvgIpc) is 2.19. The van der Waals surface area contributed by atoms with E-state index in [1.807, 2.05) is 13.0 Å². The summed E-state index contributed by atoms with van der Waals surface area (Å²) < 4.78 is 1.23. The lowest BCUT2D eigenvalue weighted by Gasteiger charge is -2.02. The summed E-state index contributed by atoms with van der Waals surface area (Å²) in [7, 11) is 0. The molecule has 76 valence electrons. The molecule has 1 N–H and O–H groups in total. The van der Waals surface area contributed by atoms with Crippen LogP contribution in [0, 0.1) is 6.92 Å². The van der Waals surface area contributed by atoms with Crippen LogP contribution in [-0.2, 0) is 0 Å². The number of hydrogen-bond acceptors (Lipinski definition) is 3. The van der Waals surface area contributed by atoms with Gasteiger partial charge in [0.1, 0.15) is 11.2 Å². The number of carboxylic acids is 1. The molecule has 5 heteroatoms. The Balaban J connectivity index is 2.92. The minimum atomic E-state index is -1.26. The molecule has 0 saturated heterocycles. The van der Waals surface area contributed by atoms with Gasteiger partial charge in [0.15, 0.2) is 0 Å². The zero-order valence-corrected chi connectivity index (χ0v) is 7.97. The Morgan fingerprint density at radius 3 is 2.93 bits per heavy atom. The van der Waals surface area contributed by atoms with Gasteiger partial charge in [0.25, 0.3) is 5.56 Å². The van der Waals surface area contributed by atoms with E-state index in [1.54, 1.807) is 6.07 Å². The van der Waals surface area contributed by atoms with Crippen molar-refractivity contribution < 1.29 is 9.90 Å². The van der Waals surface area contributed by atoms with Crippen LogP contribution in [0.4, 0.5) is 0 Å². The van der Waals surface area contributed by atoms with Crippen molar-refractivity contribution in [3.05, 3.63) is 46.0 Å². The number of rotatable bonds is 1. The van der Waals surface area contributed by atoms with Crippen molar-refractivity contribution in [2.75, 3.05) is 0 Å². The van der Waals surface area contributed by atoms with Crippen molar-refractivity contribution in [2.45, 2.75) is 6.92 Å². The van der Waals surface area contributed by atoms with Crippen molar-refractivity contribution in [3.8, 4) is 0 Å². The minimum absolute atomic E-state index is 0.321. The fourth-order valence-electron chi connectivity index (χ4n) is 1.39. The van der Waals surface area contributed by atoms with Crippen molar-refractivity contribution >= 4 is 11.6 Å². The Morgan fingerprint density at radius 1 is 1.53 bits per heavy atom. The molecule has 2 heterocycles. The molecule has 0 radical (unpaired) electrons. The van der Waals surface area contributed by atoms with E-state index in [9.17, 15) is 9.59 Å². The molecule has 0 spiro atoms. The summed E-state index contributed by atoms with van der Waals surface area (Å²) in [5.41, 5.74) is 0.424. The maximum atomic E-state index is 11.7. The van der Waals surface area contributed by atoms with Crippen molar-refractivity contribution in [1.82, 2.24) is 9.38 Å². The lowest BCUT2D eigenvalue weighted by atomic mass is 10.2. The Labute approximate surface area is 84.6 Å². The van der Waals surface area contributed by atoms with Gasteiger partial charge >= 0.3 is 5.97 Å². The van der Waals surface area contributed by atoms with Crippen LogP contribution in [0.25, 0.3) is 5.65 Å². The second kappa shape index (κ2) is 3.20. The quantitative estimate of drug-likeness (QED) is 0.742. The predicted molar refractivity (Wildman–Crippen MR) is 53.2 cm³/mol. The zero-order valence-electron chi connectivity index (χ0n) is 7.97. The maximum absolute atomic E-state index is 11.7. The number of carbonyl (C=O) groups is 1. The monoisotopic (exact) mass is 204 g/mol. The van der Waals surface area contributed by atoms with Gasteiger partial charge in [0.05, 0.1) is 0 Å². The molecule has 0 bridgehead atoms. The van der Waals surface area contributed by atoms with Gasteiger partial charge < -0.3 is 5.11 Å². The smallest absolute Gasteiger partial charge is 0.342 e. The van der Waals surface area contributed by atoms with Gasteiger partial charge in [0.2, 0.25) is 0 Å². The highest BCUT2D eigenvalue weighted by molar-refractivity contribution is 5.87. The summed E-state index contributed by atoms with van der Waals surface area (Å²) in [6.07, 6.45) is 2.59. The number of aromatic carboxylic acids is 1. The highest BCUT2D eigenvalue weighted by Gasteiger charge is 2.11. The highest BCUT2D eigenvalue weighted by Crippen LogP contribution is 2.04. The van der Waals surface area contributed by atoms with E-state index in [1.165, 1.54) is 10.6 Å². The molecule has 0 saturated carbocycles. The van der Waals surface area contributed by atoms with Crippen LogP contribution in [0.2, 0.25) is 0 Å². The molecule has 0 aliphatic heterocycles. The number of hydrogen-bond donors (Lipinski definition) is 1. The number of carboxylic acid groups (broad SMARTS) is 1. The van der Waals surface area contributed by atoms with Crippen molar-refractivity contribution in [3.63, 3.8) is 0 Å². The molecule has 0 aliphatic carbocycles. The molecule has 2 rings (SSSR count). The summed E-state index contributed by atoms with van der Waals surface area (Å²) in [5.74, 6) is -1.26. The molecule has 0 aromatic carbocycles. The molecule has 5 nitrogen and oxygen atoms in total. The van der Waals surface area contributed by atoms with Crippen LogP contribution in [0.1, 0.15) is 15.9 Å². The third-order valence-electron chi connectivity index (χ3n) is 2.16. The average molecular weight is 204 g/mol. The summed E-state index contributed by atoms with van der Waals surface area (Å²) >= 11 is 0. The molecular formula is C10H8N2O3. The van der Waals surface area contributed by atoms with E-state index in [-0.39, 0.29) is 5.56 Å². The minimum Gasteiger partial charge on any atom is -0.477 e. The summed E-state index contributed by atoms with van der Waals surface area (Å²) in [6.45, 7) is 1.81. The van der Waals surface area contributed by atoms with Gasteiger partial charge in [-0.3, -0.25) is 9.20 Å². The second-order valence-electron chi connectivity index (χ2n) is 3.17.